The quantitative estimate of drug-likeness (QED) is 0.493. The maximum Gasteiger partial charge on any atom is 0.122 e. The van der Waals surface area contributed by atoms with Gasteiger partial charge in [0.2, 0.25) is 0 Å². The number of rotatable bonds is 7. The zero-order chi connectivity index (χ0) is 15.2. The Morgan fingerprint density at radius 2 is 1.91 bits per heavy atom. The molecule has 0 unspecified atom stereocenters. The van der Waals surface area contributed by atoms with Crippen molar-refractivity contribution in [3.8, 4) is 5.75 Å². The van der Waals surface area contributed by atoms with Crippen LogP contribution in [0.3, 0.4) is 0 Å². The van der Waals surface area contributed by atoms with Gasteiger partial charge in [0.15, 0.2) is 0 Å². The van der Waals surface area contributed by atoms with Gasteiger partial charge >= 0.3 is 0 Å². The second-order valence-corrected chi connectivity index (χ2v) is 5.10. The molecule has 0 saturated carbocycles. The number of ether oxygens (including phenoxy) is 1. The van der Waals surface area contributed by atoms with E-state index in [0.29, 0.717) is 6.61 Å². The lowest BCUT2D eigenvalue weighted by Crippen LogP contribution is -2.06. The van der Waals surface area contributed by atoms with Crippen molar-refractivity contribution < 1.29 is 4.74 Å². The summed E-state index contributed by atoms with van der Waals surface area (Å²) >= 11 is 0. The molecule has 2 aromatic carbocycles. The monoisotopic (exact) mass is 293 g/mol. The highest BCUT2D eigenvalue weighted by atomic mass is 16.5. The van der Waals surface area contributed by atoms with E-state index >= 15 is 0 Å². The zero-order valence-electron chi connectivity index (χ0n) is 12.5. The van der Waals surface area contributed by atoms with Crippen molar-refractivity contribution in [1.29, 1.82) is 0 Å². The number of hydrogen-bond donors (Lipinski definition) is 0. The summed E-state index contributed by atoms with van der Waals surface area (Å²) in [6, 6.07) is 16.1. The molecule has 0 amide bonds. The maximum absolute atomic E-state index is 5.89. The van der Waals surface area contributed by atoms with Gasteiger partial charge in [0.05, 0.1) is 12.1 Å². The van der Waals surface area contributed by atoms with Gasteiger partial charge in [-0.1, -0.05) is 41.6 Å². The summed E-state index contributed by atoms with van der Waals surface area (Å²) in [4.78, 5) is 0. The summed E-state index contributed by atoms with van der Waals surface area (Å²) in [5, 5.41) is 8.34. The van der Waals surface area contributed by atoms with Gasteiger partial charge in [0.25, 0.3) is 0 Å². The SMILES string of the molecule is C=CCc1ccccc1OCCCn1nnc2ccccc21. The van der Waals surface area contributed by atoms with E-state index in [1.165, 1.54) is 5.56 Å². The molecule has 1 heterocycles. The predicted molar refractivity (Wildman–Crippen MR) is 88.0 cm³/mol. The Morgan fingerprint density at radius 1 is 1.09 bits per heavy atom. The van der Waals surface area contributed by atoms with Crippen LogP contribution in [0.5, 0.6) is 5.75 Å². The number of hydrogen-bond acceptors (Lipinski definition) is 3. The molecule has 3 aromatic rings. The molecule has 0 saturated heterocycles. The molecule has 0 radical (unpaired) electrons. The van der Waals surface area contributed by atoms with E-state index in [4.69, 9.17) is 4.74 Å². The average molecular weight is 293 g/mol. The number of benzene rings is 2. The van der Waals surface area contributed by atoms with Gasteiger partial charge in [-0.3, -0.25) is 0 Å². The molecule has 0 bridgehead atoms. The highest BCUT2D eigenvalue weighted by molar-refractivity contribution is 5.73. The number of aromatic nitrogens is 3. The first-order valence-electron chi connectivity index (χ1n) is 7.48. The summed E-state index contributed by atoms with van der Waals surface area (Å²) in [7, 11) is 0. The first-order chi connectivity index (χ1) is 10.9. The van der Waals surface area contributed by atoms with Crippen LogP contribution in [0.15, 0.2) is 61.2 Å². The minimum atomic E-state index is 0.655. The molecular formula is C18H19N3O. The molecule has 3 rings (SSSR count). The summed E-state index contributed by atoms with van der Waals surface area (Å²) in [5.41, 5.74) is 3.16. The van der Waals surface area contributed by atoms with Gasteiger partial charge in [0, 0.05) is 13.0 Å². The van der Waals surface area contributed by atoms with Gasteiger partial charge in [0.1, 0.15) is 11.3 Å². The standard InChI is InChI=1S/C18H19N3O/c1-2-8-15-9-3-6-12-18(15)22-14-7-13-21-17-11-5-4-10-16(17)19-20-21/h2-6,9-12H,1,7-8,13-14H2. The Kier molecular flexibility index (Phi) is 4.49. The molecule has 0 aliphatic rings. The lowest BCUT2D eigenvalue weighted by molar-refractivity contribution is 0.296. The molecule has 22 heavy (non-hydrogen) atoms. The van der Waals surface area contributed by atoms with Crippen LogP contribution in [0, 0.1) is 0 Å². The third-order valence-corrected chi connectivity index (χ3v) is 3.53. The van der Waals surface area contributed by atoms with Crippen LogP contribution in [-0.2, 0) is 13.0 Å². The number of aryl methyl sites for hydroxylation is 1. The molecule has 0 N–H and O–H groups in total. The van der Waals surface area contributed by atoms with Crippen LogP contribution in [0.2, 0.25) is 0 Å². The number of allylic oxidation sites excluding steroid dienone is 1. The minimum Gasteiger partial charge on any atom is -0.493 e. The van der Waals surface area contributed by atoms with Crippen LogP contribution in [0.1, 0.15) is 12.0 Å². The summed E-state index contributed by atoms with van der Waals surface area (Å²) in [6.45, 7) is 5.23. The van der Waals surface area contributed by atoms with E-state index in [0.717, 1.165) is 36.2 Å². The van der Waals surface area contributed by atoms with Crippen LogP contribution in [0.25, 0.3) is 11.0 Å². The van der Waals surface area contributed by atoms with Crippen LogP contribution >= 0.6 is 0 Å². The van der Waals surface area contributed by atoms with E-state index in [-0.39, 0.29) is 0 Å². The second-order valence-electron chi connectivity index (χ2n) is 5.10. The van der Waals surface area contributed by atoms with Gasteiger partial charge in [-0.2, -0.15) is 0 Å². The van der Waals surface area contributed by atoms with E-state index in [1.54, 1.807) is 0 Å². The molecule has 1 aromatic heterocycles. The minimum absolute atomic E-state index is 0.655. The molecule has 0 fully saturated rings. The van der Waals surface area contributed by atoms with Gasteiger partial charge in [-0.25, -0.2) is 4.68 Å². The van der Waals surface area contributed by atoms with Crippen LogP contribution in [0.4, 0.5) is 0 Å². The molecule has 0 atom stereocenters. The van der Waals surface area contributed by atoms with Crippen molar-refractivity contribution in [3.63, 3.8) is 0 Å². The maximum atomic E-state index is 5.89. The lowest BCUT2D eigenvalue weighted by Gasteiger charge is -2.10. The van der Waals surface area contributed by atoms with Crippen LogP contribution < -0.4 is 4.74 Å². The molecule has 112 valence electrons. The van der Waals surface area contributed by atoms with E-state index in [2.05, 4.69) is 23.0 Å². The van der Waals surface area contributed by atoms with E-state index in [9.17, 15) is 0 Å². The molecule has 0 aliphatic heterocycles. The number of fused-ring (bicyclic) bond motifs is 1. The van der Waals surface area contributed by atoms with Crippen molar-refractivity contribution in [1.82, 2.24) is 15.0 Å². The first kappa shape index (κ1) is 14.3. The Bertz CT molecular complexity index is 764. The van der Waals surface area contributed by atoms with Gasteiger partial charge < -0.3 is 4.74 Å². The van der Waals surface area contributed by atoms with E-state index < -0.39 is 0 Å². The fourth-order valence-corrected chi connectivity index (χ4v) is 2.45. The summed E-state index contributed by atoms with van der Waals surface area (Å²) in [6.07, 6.45) is 3.60. The Labute approximate surface area is 130 Å². The largest absolute Gasteiger partial charge is 0.493 e. The fraction of sp³-hybridized carbons (Fsp3) is 0.222. The lowest BCUT2D eigenvalue weighted by atomic mass is 10.1. The summed E-state index contributed by atoms with van der Waals surface area (Å²) < 4.78 is 7.82. The average Bonchev–Trinajstić information content (AvgIpc) is 2.97. The van der Waals surface area contributed by atoms with Gasteiger partial charge in [-0.05, 0) is 30.2 Å². The first-order valence-corrected chi connectivity index (χ1v) is 7.48. The molecule has 4 heteroatoms. The Hall–Kier alpha value is -2.62. The van der Waals surface area contributed by atoms with Crippen molar-refractivity contribution in [2.45, 2.75) is 19.4 Å². The van der Waals surface area contributed by atoms with Crippen molar-refractivity contribution >= 4 is 11.0 Å². The third-order valence-electron chi connectivity index (χ3n) is 3.53. The highest BCUT2D eigenvalue weighted by Gasteiger charge is 2.04. The predicted octanol–water partition coefficient (Wildman–Crippen LogP) is 3.63. The molecule has 0 spiro atoms. The summed E-state index contributed by atoms with van der Waals surface area (Å²) in [5.74, 6) is 0.936. The topological polar surface area (TPSA) is 39.9 Å². The molecular weight excluding hydrogens is 274 g/mol. The van der Waals surface area contributed by atoms with Crippen molar-refractivity contribution in [2.75, 3.05) is 6.61 Å². The fourth-order valence-electron chi connectivity index (χ4n) is 2.45. The third kappa shape index (κ3) is 3.17. The molecule has 0 aliphatic carbocycles. The van der Waals surface area contributed by atoms with Crippen LogP contribution in [-0.4, -0.2) is 21.6 Å². The zero-order valence-corrected chi connectivity index (χ0v) is 12.5. The number of nitrogens with zero attached hydrogens (tertiary/aromatic N) is 3. The highest BCUT2D eigenvalue weighted by Crippen LogP contribution is 2.19. The van der Waals surface area contributed by atoms with Crippen molar-refractivity contribution in [2.24, 2.45) is 0 Å². The van der Waals surface area contributed by atoms with E-state index in [1.807, 2.05) is 53.2 Å². The van der Waals surface area contributed by atoms with Crippen molar-refractivity contribution in [3.05, 3.63) is 66.7 Å². The second kappa shape index (κ2) is 6.89. The Balaban J connectivity index is 1.57. The smallest absolute Gasteiger partial charge is 0.122 e. The molecule has 4 nitrogen and oxygen atoms in total. The number of para-hydroxylation sites is 2. The normalized spacial score (nSPS) is 10.7. The Morgan fingerprint density at radius 3 is 2.82 bits per heavy atom. The van der Waals surface area contributed by atoms with Gasteiger partial charge in [-0.15, -0.1) is 11.7 Å².